The predicted molar refractivity (Wildman–Crippen MR) is 108 cm³/mol. The minimum Gasteiger partial charge on any atom is -0.468 e. The molecule has 11 heteroatoms. The van der Waals surface area contributed by atoms with Crippen molar-refractivity contribution in [3.63, 3.8) is 0 Å². The molecule has 0 saturated carbocycles. The number of amides is 4. The Labute approximate surface area is 177 Å². The summed E-state index contributed by atoms with van der Waals surface area (Å²) >= 11 is 0. The SMILES string of the molecule is COC(=O)CNC(=O)C(C)NC(=O)CNC(=O)C(CC(C)C)NC(=O)OC(C)(C)C. The number of esters is 1. The van der Waals surface area contributed by atoms with Gasteiger partial charge in [0.1, 0.15) is 24.2 Å². The van der Waals surface area contributed by atoms with Crippen LogP contribution >= 0.6 is 0 Å². The van der Waals surface area contributed by atoms with E-state index in [9.17, 15) is 24.0 Å². The molecule has 0 aromatic carbocycles. The number of hydrogen-bond acceptors (Lipinski definition) is 7. The summed E-state index contributed by atoms with van der Waals surface area (Å²) in [6.45, 7) is 9.61. The number of hydrogen-bond donors (Lipinski definition) is 4. The van der Waals surface area contributed by atoms with E-state index in [1.165, 1.54) is 14.0 Å². The molecule has 0 aromatic heterocycles. The van der Waals surface area contributed by atoms with Crippen LogP contribution in [0.25, 0.3) is 0 Å². The molecule has 0 aliphatic rings. The molecule has 0 heterocycles. The Kier molecular flexibility index (Phi) is 11.5. The first kappa shape index (κ1) is 27.1. The molecule has 0 spiro atoms. The van der Waals surface area contributed by atoms with Crippen molar-refractivity contribution >= 4 is 29.8 Å². The lowest BCUT2D eigenvalue weighted by molar-refractivity contribution is -0.141. The maximum Gasteiger partial charge on any atom is 0.408 e. The zero-order chi connectivity index (χ0) is 23.5. The van der Waals surface area contributed by atoms with E-state index in [0.29, 0.717) is 6.42 Å². The van der Waals surface area contributed by atoms with Crippen LogP contribution < -0.4 is 21.3 Å². The van der Waals surface area contributed by atoms with Crippen molar-refractivity contribution in [3.05, 3.63) is 0 Å². The Balaban J connectivity index is 4.64. The molecule has 0 radical (unpaired) electrons. The van der Waals surface area contributed by atoms with Crippen molar-refractivity contribution in [2.75, 3.05) is 20.2 Å². The quantitative estimate of drug-likeness (QED) is 0.351. The lowest BCUT2D eigenvalue weighted by atomic mass is 10.0. The van der Waals surface area contributed by atoms with Gasteiger partial charge in [0.15, 0.2) is 0 Å². The van der Waals surface area contributed by atoms with Crippen LogP contribution in [-0.4, -0.2) is 67.7 Å². The van der Waals surface area contributed by atoms with Gasteiger partial charge in [0.05, 0.1) is 13.7 Å². The third-order valence-electron chi connectivity index (χ3n) is 3.54. The van der Waals surface area contributed by atoms with Gasteiger partial charge in [0, 0.05) is 0 Å². The molecule has 2 atom stereocenters. The van der Waals surface area contributed by atoms with Gasteiger partial charge >= 0.3 is 12.1 Å². The number of carbonyl (C=O) groups excluding carboxylic acids is 5. The highest BCUT2D eigenvalue weighted by Crippen LogP contribution is 2.09. The molecular weight excluding hydrogens is 396 g/mol. The van der Waals surface area contributed by atoms with Crippen molar-refractivity contribution in [2.45, 2.75) is 65.6 Å². The second kappa shape index (κ2) is 12.7. The molecule has 0 saturated heterocycles. The van der Waals surface area contributed by atoms with Crippen molar-refractivity contribution in [3.8, 4) is 0 Å². The van der Waals surface area contributed by atoms with E-state index < -0.39 is 54.0 Å². The Morgan fingerprint density at radius 1 is 0.867 bits per heavy atom. The molecule has 0 rings (SSSR count). The van der Waals surface area contributed by atoms with E-state index >= 15 is 0 Å². The lowest BCUT2D eigenvalue weighted by Gasteiger charge is -2.24. The van der Waals surface area contributed by atoms with Gasteiger partial charge < -0.3 is 30.7 Å². The monoisotopic (exact) mass is 430 g/mol. The number of methoxy groups -OCH3 is 1. The van der Waals surface area contributed by atoms with Crippen LogP contribution in [0, 0.1) is 5.92 Å². The first-order valence-electron chi connectivity index (χ1n) is 9.66. The number of carbonyl (C=O) groups is 5. The molecule has 0 aromatic rings. The number of ether oxygens (including phenoxy) is 2. The first-order valence-corrected chi connectivity index (χ1v) is 9.66. The van der Waals surface area contributed by atoms with E-state index in [0.717, 1.165) is 0 Å². The number of rotatable bonds is 10. The molecule has 0 fully saturated rings. The van der Waals surface area contributed by atoms with Crippen molar-refractivity contribution in [1.29, 1.82) is 0 Å². The minimum atomic E-state index is -0.926. The molecule has 4 N–H and O–H groups in total. The molecular formula is C19H34N4O7. The van der Waals surface area contributed by atoms with Crippen LogP contribution in [0.2, 0.25) is 0 Å². The number of alkyl carbamates (subject to hydrolysis) is 1. The molecule has 2 unspecified atom stereocenters. The molecule has 0 aliphatic carbocycles. The summed E-state index contributed by atoms with van der Waals surface area (Å²) in [7, 11) is 1.19. The van der Waals surface area contributed by atoms with Crippen molar-refractivity contribution in [1.82, 2.24) is 21.3 Å². The third kappa shape index (κ3) is 12.6. The van der Waals surface area contributed by atoms with Crippen LogP contribution in [0.3, 0.4) is 0 Å². The van der Waals surface area contributed by atoms with Crippen molar-refractivity contribution < 1.29 is 33.4 Å². The van der Waals surface area contributed by atoms with Crippen LogP contribution in [-0.2, 0) is 28.7 Å². The highest BCUT2D eigenvalue weighted by atomic mass is 16.6. The molecule has 30 heavy (non-hydrogen) atoms. The van der Waals surface area contributed by atoms with Gasteiger partial charge in [0.25, 0.3) is 0 Å². The fourth-order valence-electron chi connectivity index (χ4n) is 2.19. The highest BCUT2D eigenvalue weighted by Gasteiger charge is 2.25. The first-order chi connectivity index (χ1) is 13.7. The smallest absolute Gasteiger partial charge is 0.408 e. The average molecular weight is 431 g/mol. The molecule has 11 nitrogen and oxygen atoms in total. The summed E-state index contributed by atoms with van der Waals surface area (Å²) in [6.07, 6.45) is -0.386. The summed E-state index contributed by atoms with van der Waals surface area (Å²) in [5.41, 5.74) is -0.715. The third-order valence-corrected chi connectivity index (χ3v) is 3.54. The standard InChI is InChI=1S/C19H34N4O7/c1-11(2)8-13(23-18(28)30-19(4,5)6)17(27)20-9-14(24)22-12(3)16(26)21-10-15(25)29-7/h11-13H,8-10H2,1-7H3,(H,20,27)(H,21,26)(H,22,24)(H,23,28). The molecule has 0 bridgehead atoms. The maximum atomic E-state index is 12.4. The van der Waals surface area contributed by atoms with E-state index in [1.54, 1.807) is 20.8 Å². The zero-order valence-corrected chi connectivity index (χ0v) is 18.7. The normalized spacial score (nSPS) is 12.9. The van der Waals surface area contributed by atoms with Gasteiger partial charge in [-0.25, -0.2) is 4.79 Å². The minimum absolute atomic E-state index is 0.100. The van der Waals surface area contributed by atoms with Crippen LogP contribution in [0.1, 0.15) is 48.0 Å². The fraction of sp³-hybridized carbons (Fsp3) is 0.737. The second-order valence-electron chi connectivity index (χ2n) is 8.13. The van der Waals surface area contributed by atoms with Gasteiger partial charge in [-0.15, -0.1) is 0 Å². The Bertz CT molecular complexity index is 629. The van der Waals surface area contributed by atoms with Crippen molar-refractivity contribution in [2.24, 2.45) is 5.92 Å². The Morgan fingerprint density at radius 2 is 1.43 bits per heavy atom. The van der Waals surface area contributed by atoms with E-state index in [1.807, 2.05) is 13.8 Å². The summed E-state index contributed by atoms with van der Waals surface area (Å²) in [4.78, 5) is 59.2. The van der Waals surface area contributed by atoms with E-state index in [4.69, 9.17) is 4.74 Å². The Hall–Kier alpha value is -2.85. The summed E-state index contributed by atoms with van der Waals surface area (Å²) in [5.74, 6) is -2.26. The van der Waals surface area contributed by atoms with Gasteiger partial charge in [0.2, 0.25) is 17.7 Å². The average Bonchev–Trinajstić information content (AvgIpc) is 2.61. The molecule has 0 aliphatic heterocycles. The van der Waals surface area contributed by atoms with E-state index in [-0.39, 0.29) is 12.5 Å². The topological polar surface area (TPSA) is 152 Å². The van der Waals surface area contributed by atoms with Gasteiger partial charge in [-0.1, -0.05) is 13.8 Å². The van der Waals surface area contributed by atoms with Crippen LogP contribution in [0.4, 0.5) is 4.79 Å². The number of nitrogens with one attached hydrogen (secondary N) is 4. The molecule has 4 amide bonds. The zero-order valence-electron chi connectivity index (χ0n) is 18.7. The van der Waals surface area contributed by atoms with Crippen LogP contribution in [0.15, 0.2) is 0 Å². The maximum absolute atomic E-state index is 12.4. The van der Waals surface area contributed by atoms with Crippen LogP contribution in [0.5, 0.6) is 0 Å². The second-order valence-corrected chi connectivity index (χ2v) is 8.13. The Morgan fingerprint density at radius 3 is 1.93 bits per heavy atom. The molecule has 172 valence electrons. The van der Waals surface area contributed by atoms with Gasteiger partial charge in [-0.05, 0) is 40.0 Å². The van der Waals surface area contributed by atoms with Gasteiger partial charge in [-0.2, -0.15) is 0 Å². The lowest BCUT2D eigenvalue weighted by Crippen LogP contribution is -2.52. The summed E-state index contributed by atoms with van der Waals surface area (Å²) < 4.78 is 9.57. The summed E-state index contributed by atoms with van der Waals surface area (Å²) in [5, 5.41) is 9.64. The van der Waals surface area contributed by atoms with E-state index in [2.05, 4.69) is 26.0 Å². The largest absolute Gasteiger partial charge is 0.468 e. The highest BCUT2D eigenvalue weighted by molar-refractivity contribution is 5.92. The van der Waals surface area contributed by atoms with Gasteiger partial charge in [-0.3, -0.25) is 19.2 Å². The summed E-state index contributed by atoms with van der Waals surface area (Å²) in [6, 6.07) is -1.81. The predicted octanol–water partition coefficient (Wildman–Crippen LogP) is -0.164. The fourth-order valence-corrected chi connectivity index (χ4v) is 2.19.